The van der Waals surface area contributed by atoms with Crippen LogP contribution in [-0.2, 0) is 16.1 Å². The van der Waals surface area contributed by atoms with Gasteiger partial charge in [-0.25, -0.2) is 26.7 Å². The minimum atomic E-state index is -2.30. The number of esters is 1. The number of halogens is 5. The van der Waals surface area contributed by atoms with Gasteiger partial charge in [0.25, 0.3) is 0 Å². The van der Waals surface area contributed by atoms with Crippen molar-refractivity contribution in [1.82, 2.24) is 0 Å². The molecule has 0 radical (unpaired) electrons. The Morgan fingerprint density at radius 1 is 1.00 bits per heavy atom. The zero-order valence-corrected chi connectivity index (χ0v) is 13.2. The summed E-state index contributed by atoms with van der Waals surface area (Å²) in [5.74, 6) is -11.6. The lowest BCUT2D eigenvalue weighted by molar-refractivity contribution is -0.152. The van der Waals surface area contributed by atoms with Crippen LogP contribution in [0.2, 0.25) is 0 Å². The summed E-state index contributed by atoms with van der Waals surface area (Å²) < 4.78 is 75.9. The fourth-order valence-corrected chi connectivity index (χ4v) is 1.90. The second-order valence-electron chi connectivity index (χ2n) is 5.05. The first kappa shape index (κ1) is 19.2. The standard InChI is InChI=1S/C17H10F5NO3/c1-8(26-10-4-2-9(6-23)3-5-10)17(24)25-7-11-12(18)14(20)16(22)15(21)13(11)19/h2-5,8H,7H2,1H3/t8-/m0/s1. The molecule has 4 nitrogen and oxygen atoms in total. The quantitative estimate of drug-likeness (QED) is 0.348. The lowest BCUT2D eigenvalue weighted by atomic mass is 10.2. The van der Waals surface area contributed by atoms with Crippen molar-refractivity contribution in [3.63, 3.8) is 0 Å². The molecule has 0 aliphatic carbocycles. The van der Waals surface area contributed by atoms with Crippen LogP contribution in [0.5, 0.6) is 5.75 Å². The molecule has 0 bridgehead atoms. The van der Waals surface area contributed by atoms with Crippen LogP contribution >= 0.6 is 0 Å². The van der Waals surface area contributed by atoms with Gasteiger partial charge in [0, 0.05) is 0 Å². The van der Waals surface area contributed by atoms with E-state index >= 15 is 0 Å². The highest BCUT2D eigenvalue weighted by Crippen LogP contribution is 2.24. The lowest BCUT2D eigenvalue weighted by Crippen LogP contribution is -2.26. The Morgan fingerprint density at radius 3 is 2.00 bits per heavy atom. The summed E-state index contributed by atoms with van der Waals surface area (Å²) in [6.07, 6.45) is -1.23. The third kappa shape index (κ3) is 3.91. The molecular weight excluding hydrogens is 361 g/mol. The third-order valence-corrected chi connectivity index (χ3v) is 3.29. The summed E-state index contributed by atoms with van der Waals surface area (Å²) in [6, 6.07) is 7.57. The summed E-state index contributed by atoms with van der Waals surface area (Å²) in [7, 11) is 0. The van der Waals surface area contributed by atoms with Crippen molar-refractivity contribution in [1.29, 1.82) is 5.26 Å². The normalized spacial score (nSPS) is 11.6. The maximum atomic E-state index is 13.5. The molecule has 0 spiro atoms. The highest BCUT2D eigenvalue weighted by molar-refractivity contribution is 5.74. The van der Waals surface area contributed by atoms with Crippen molar-refractivity contribution in [3.05, 3.63) is 64.5 Å². The number of hydrogen-bond acceptors (Lipinski definition) is 4. The van der Waals surface area contributed by atoms with Gasteiger partial charge in [0.15, 0.2) is 29.4 Å². The van der Waals surface area contributed by atoms with Gasteiger partial charge in [-0.3, -0.25) is 0 Å². The Balaban J connectivity index is 2.05. The predicted octanol–water partition coefficient (Wildman–Crippen LogP) is 3.76. The summed E-state index contributed by atoms with van der Waals surface area (Å²) in [4.78, 5) is 11.8. The van der Waals surface area contributed by atoms with Crippen LogP contribution < -0.4 is 4.74 Å². The van der Waals surface area contributed by atoms with Gasteiger partial charge in [-0.15, -0.1) is 0 Å². The summed E-state index contributed by atoms with van der Waals surface area (Å²) in [5, 5.41) is 8.67. The third-order valence-electron chi connectivity index (χ3n) is 3.29. The van der Waals surface area contributed by atoms with Crippen molar-refractivity contribution in [2.45, 2.75) is 19.6 Å². The van der Waals surface area contributed by atoms with Gasteiger partial charge in [-0.2, -0.15) is 5.26 Å². The fraction of sp³-hybridized carbons (Fsp3) is 0.176. The van der Waals surface area contributed by atoms with Crippen molar-refractivity contribution in [2.24, 2.45) is 0 Å². The first-order valence-corrected chi connectivity index (χ1v) is 7.10. The number of nitriles is 1. The average Bonchev–Trinajstić information content (AvgIpc) is 2.65. The topological polar surface area (TPSA) is 59.3 Å². The van der Waals surface area contributed by atoms with Gasteiger partial charge >= 0.3 is 5.97 Å². The minimum Gasteiger partial charge on any atom is -0.479 e. The van der Waals surface area contributed by atoms with Crippen LogP contribution in [0.25, 0.3) is 0 Å². The van der Waals surface area contributed by atoms with Gasteiger partial charge < -0.3 is 9.47 Å². The zero-order valence-electron chi connectivity index (χ0n) is 13.2. The van der Waals surface area contributed by atoms with Crippen LogP contribution in [0.1, 0.15) is 18.1 Å². The number of ether oxygens (including phenoxy) is 2. The SMILES string of the molecule is C[C@H](Oc1ccc(C#N)cc1)C(=O)OCc1c(F)c(F)c(F)c(F)c1F. The molecule has 0 N–H and O–H groups in total. The average molecular weight is 371 g/mol. The molecule has 2 rings (SSSR count). The van der Waals surface area contributed by atoms with E-state index in [1.54, 1.807) is 0 Å². The van der Waals surface area contributed by atoms with Gasteiger partial charge in [0.05, 0.1) is 17.2 Å². The van der Waals surface area contributed by atoms with Crippen LogP contribution in [-0.4, -0.2) is 12.1 Å². The molecule has 0 aliphatic heterocycles. The first-order valence-electron chi connectivity index (χ1n) is 7.10. The molecule has 0 aromatic heterocycles. The van der Waals surface area contributed by atoms with Crippen molar-refractivity contribution < 1.29 is 36.2 Å². The number of hydrogen-bond donors (Lipinski definition) is 0. The summed E-state index contributed by atoms with van der Waals surface area (Å²) in [6.45, 7) is 0.102. The highest BCUT2D eigenvalue weighted by Gasteiger charge is 2.27. The van der Waals surface area contributed by atoms with E-state index in [2.05, 4.69) is 4.74 Å². The Labute approximate surface area is 144 Å². The molecule has 0 amide bonds. The summed E-state index contributed by atoms with van der Waals surface area (Å²) >= 11 is 0. The maximum Gasteiger partial charge on any atom is 0.347 e. The second-order valence-corrected chi connectivity index (χ2v) is 5.05. The highest BCUT2D eigenvalue weighted by atomic mass is 19.2. The Morgan fingerprint density at radius 2 is 1.50 bits per heavy atom. The Kier molecular flexibility index (Phi) is 5.77. The van der Waals surface area contributed by atoms with E-state index in [4.69, 9.17) is 10.00 Å². The molecule has 9 heteroatoms. The maximum absolute atomic E-state index is 13.5. The smallest absolute Gasteiger partial charge is 0.347 e. The summed E-state index contributed by atoms with van der Waals surface area (Å²) in [5.41, 5.74) is -0.904. The van der Waals surface area contributed by atoms with Crippen molar-refractivity contribution >= 4 is 5.97 Å². The molecular formula is C17H10F5NO3. The largest absolute Gasteiger partial charge is 0.479 e. The molecule has 136 valence electrons. The number of carbonyl (C=O) groups is 1. The van der Waals surface area contributed by atoms with Crippen LogP contribution in [0.4, 0.5) is 22.0 Å². The Bertz CT molecular complexity index is 848. The van der Waals surface area contributed by atoms with Gasteiger partial charge in [-0.1, -0.05) is 0 Å². The van der Waals surface area contributed by atoms with E-state index in [0.29, 0.717) is 5.56 Å². The lowest BCUT2D eigenvalue weighted by Gasteiger charge is -2.15. The van der Waals surface area contributed by atoms with Crippen LogP contribution in [0.15, 0.2) is 24.3 Å². The van der Waals surface area contributed by atoms with Crippen LogP contribution in [0.3, 0.4) is 0 Å². The molecule has 1 atom stereocenters. The molecule has 2 aromatic carbocycles. The van der Waals surface area contributed by atoms with Gasteiger partial charge in [-0.05, 0) is 31.2 Å². The first-order chi connectivity index (χ1) is 12.3. The molecule has 0 saturated heterocycles. The molecule has 26 heavy (non-hydrogen) atoms. The molecule has 0 unspecified atom stereocenters. The number of benzene rings is 2. The van der Waals surface area contributed by atoms with E-state index in [1.165, 1.54) is 31.2 Å². The predicted molar refractivity (Wildman–Crippen MR) is 77.3 cm³/mol. The zero-order chi connectivity index (χ0) is 19.4. The fourth-order valence-electron chi connectivity index (χ4n) is 1.90. The Hall–Kier alpha value is -3.15. The van der Waals surface area contributed by atoms with E-state index in [9.17, 15) is 26.7 Å². The van der Waals surface area contributed by atoms with E-state index in [-0.39, 0.29) is 5.75 Å². The molecule has 0 heterocycles. The van der Waals surface area contributed by atoms with Crippen molar-refractivity contribution in [3.8, 4) is 11.8 Å². The molecule has 0 saturated carbocycles. The van der Waals surface area contributed by atoms with Gasteiger partial charge in [0.2, 0.25) is 5.82 Å². The van der Waals surface area contributed by atoms with Gasteiger partial charge in [0.1, 0.15) is 12.4 Å². The van der Waals surface area contributed by atoms with Crippen LogP contribution in [0, 0.1) is 40.4 Å². The minimum absolute atomic E-state index is 0.213. The number of nitrogens with zero attached hydrogens (tertiary/aromatic N) is 1. The second kappa shape index (κ2) is 7.82. The number of rotatable bonds is 5. The molecule has 0 aliphatic rings. The van der Waals surface area contributed by atoms with Crippen molar-refractivity contribution in [2.75, 3.05) is 0 Å². The number of carbonyl (C=O) groups excluding carboxylic acids is 1. The van der Waals surface area contributed by atoms with E-state index in [0.717, 1.165) is 0 Å². The molecule has 0 fully saturated rings. The van der Waals surface area contributed by atoms with E-state index < -0.39 is 53.3 Å². The van der Waals surface area contributed by atoms with E-state index in [1.807, 2.05) is 6.07 Å². The monoisotopic (exact) mass is 371 g/mol. The molecule has 2 aromatic rings.